The lowest BCUT2D eigenvalue weighted by Gasteiger charge is -2.23. The Morgan fingerprint density at radius 3 is 1.39 bits per heavy atom. The molecule has 0 aliphatic carbocycles. The first kappa shape index (κ1) is 49.2. The van der Waals surface area contributed by atoms with Crippen molar-refractivity contribution in [2.24, 2.45) is 0 Å². The van der Waals surface area contributed by atoms with Crippen molar-refractivity contribution >= 4 is 35.1 Å². The average molecular weight is 982 g/mol. The number of nitrogens with one attached hydrogen (secondary N) is 2. The molecule has 4 aromatic carbocycles. The molecule has 0 saturated carbocycles. The van der Waals surface area contributed by atoms with E-state index in [9.17, 15) is 20.1 Å². The van der Waals surface area contributed by atoms with Crippen molar-refractivity contribution in [3.63, 3.8) is 0 Å². The van der Waals surface area contributed by atoms with Gasteiger partial charge in [-0.05, 0) is 85.3 Å². The maximum atomic E-state index is 12.5. The van der Waals surface area contributed by atoms with Gasteiger partial charge in [-0.1, -0.05) is 59.6 Å². The predicted octanol–water partition coefficient (Wildman–Crippen LogP) is 9.72. The highest BCUT2D eigenvalue weighted by atomic mass is 35.5. The van der Waals surface area contributed by atoms with Gasteiger partial charge in [-0.15, -0.1) is 0 Å². The molecule has 2 fully saturated rings. The van der Waals surface area contributed by atoms with Crippen molar-refractivity contribution in [3.8, 4) is 46.3 Å². The van der Waals surface area contributed by atoms with Crippen LogP contribution in [0.5, 0.6) is 23.0 Å². The van der Waals surface area contributed by atoms with Gasteiger partial charge in [0.15, 0.2) is 0 Å². The van der Waals surface area contributed by atoms with Crippen molar-refractivity contribution in [1.29, 1.82) is 10.5 Å². The van der Waals surface area contributed by atoms with E-state index < -0.39 is 11.1 Å². The lowest BCUT2D eigenvalue weighted by Crippen LogP contribution is -2.45. The molecule has 2 aliphatic rings. The number of halogens is 2. The van der Waals surface area contributed by atoms with Crippen molar-refractivity contribution < 1.29 is 38.0 Å². The van der Waals surface area contributed by atoms with Crippen LogP contribution in [0.3, 0.4) is 0 Å². The summed E-state index contributed by atoms with van der Waals surface area (Å²) in [5.41, 5.74) is 7.93. The average Bonchev–Trinajstić information content (AvgIpc) is 3.89. The maximum absolute atomic E-state index is 12.5. The van der Waals surface area contributed by atoms with E-state index in [-0.39, 0.29) is 51.5 Å². The Balaban J connectivity index is 0.991. The third kappa shape index (κ3) is 11.3. The highest BCUT2D eigenvalue weighted by molar-refractivity contribution is 6.32. The van der Waals surface area contributed by atoms with Crippen LogP contribution in [0.4, 0.5) is 0 Å². The number of pyridine rings is 2. The standard InChI is InChI=1S/C54H50Cl2N6O8/c1-33-39(31-69-49-19-47(67-29-37-15-35(21-57)23-59-25-37)41(17-45(49)55)27-61-53(3)11-13-65-51(53)63)7-5-9-43(33)44-10-6-8-40(34(44)2)32-70-50-20-48(68-30-38-16-36(22-58)24-60-26-38)42(18-46(50)56)28-62-54(4)12-14-66-52(54)64/h5-10,15-20,23-26,61-62H,11-14,27-32H2,1-4H3. The minimum atomic E-state index is -0.850. The number of cyclic esters (lactones) is 2. The molecule has 16 heteroatoms. The molecule has 4 heterocycles. The number of hydrogen-bond donors (Lipinski definition) is 2. The van der Waals surface area contributed by atoms with Gasteiger partial charge < -0.3 is 28.4 Å². The van der Waals surface area contributed by atoms with Crippen LogP contribution in [0.25, 0.3) is 11.1 Å². The molecule has 2 N–H and O–H groups in total. The number of ether oxygens (including phenoxy) is 6. The second-order valence-electron chi connectivity index (χ2n) is 17.6. The highest BCUT2D eigenvalue weighted by Crippen LogP contribution is 2.38. The highest BCUT2D eigenvalue weighted by Gasteiger charge is 2.40. The second kappa shape index (κ2) is 21.6. The molecule has 2 atom stereocenters. The van der Waals surface area contributed by atoms with Crippen molar-refractivity contribution in [3.05, 3.63) is 163 Å². The molecule has 2 unspecified atom stereocenters. The molecule has 2 aromatic heterocycles. The van der Waals surface area contributed by atoms with E-state index in [4.69, 9.17) is 51.6 Å². The largest absolute Gasteiger partial charge is 0.488 e. The van der Waals surface area contributed by atoms with Gasteiger partial charge in [-0.25, -0.2) is 0 Å². The number of hydrogen-bond acceptors (Lipinski definition) is 14. The van der Waals surface area contributed by atoms with Gasteiger partial charge in [-0.2, -0.15) is 10.5 Å². The summed E-state index contributed by atoms with van der Waals surface area (Å²) < 4.78 is 35.9. The summed E-state index contributed by atoms with van der Waals surface area (Å²) in [5, 5.41) is 26.2. The van der Waals surface area contributed by atoms with E-state index in [1.165, 1.54) is 12.4 Å². The van der Waals surface area contributed by atoms with Gasteiger partial charge in [0.1, 0.15) is 72.6 Å². The quantitative estimate of drug-likeness (QED) is 0.0730. The van der Waals surface area contributed by atoms with E-state index in [1.807, 2.05) is 38.1 Å². The number of esters is 2. The van der Waals surface area contributed by atoms with Crippen LogP contribution < -0.4 is 29.6 Å². The monoisotopic (exact) mass is 980 g/mol. The fourth-order valence-corrected chi connectivity index (χ4v) is 8.67. The minimum Gasteiger partial charge on any atom is -0.488 e. The summed E-state index contributed by atoms with van der Waals surface area (Å²) in [6.45, 7) is 9.62. The first-order valence-electron chi connectivity index (χ1n) is 22.6. The predicted molar refractivity (Wildman–Crippen MR) is 261 cm³/mol. The molecule has 8 rings (SSSR count). The SMILES string of the molecule is Cc1c(COc2cc(OCc3cncc(C#N)c3)c(CNC3(C)CCOC3=O)cc2Cl)cccc1-c1cccc(COc2cc(OCc3cncc(C#N)c3)c(CNC3(C)CCOC3=O)cc2Cl)c1C. The summed E-state index contributed by atoms with van der Waals surface area (Å²) in [5.74, 6) is 1.17. The number of carbonyl (C=O) groups excluding carboxylic acids is 2. The zero-order valence-electron chi connectivity index (χ0n) is 39.1. The van der Waals surface area contributed by atoms with Crippen LogP contribution in [-0.2, 0) is 58.6 Å². The third-order valence-electron chi connectivity index (χ3n) is 12.7. The lowest BCUT2D eigenvalue weighted by atomic mass is 9.92. The van der Waals surface area contributed by atoms with Gasteiger partial charge in [0.05, 0.1) is 34.4 Å². The van der Waals surface area contributed by atoms with Crippen LogP contribution in [-0.4, -0.2) is 46.2 Å². The Morgan fingerprint density at radius 2 is 1.00 bits per heavy atom. The Kier molecular flexibility index (Phi) is 15.2. The number of rotatable bonds is 19. The van der Waals surface area contributed by atoms with Crippen LogP contribution in [0.1, 0.15) is 82.3 Å². The Bertz CT molecular complexity index is 2840. The second-order valence-corrected chi connectivity index (χ2v) is 18.5. The van der Waals surface area contributed by atoms with E-state index in [1.54, 1.807) is 48.8 Å². The summed E-state index contributed by atoms with van der Waals surface area (Å²) in [7, 11) is 0. The minimum absolute atomic E-state index is 0.131. The number of benzene rings is 4. The molecule has 2 aliphatic heterocycles. The first-order valence-corrected chi connectivity index (χ1v) is 23.4. The van der Waals surface area contributed by atoms with Gasteiger partial charge in [0.25, 0.3) is 0 Å². The van der Waals surface area contributed by atoms with Gasteiger partial charge in [-0.3, -0.25) is 30.2 Å². The molecule has 358 valence electrons. The Hall–Kier alpha value is -7.20. The van der Waals surface area contributed by atoms with Crippen molar-refractivity contribution in [2.45, 2.75) is 91.1 Å². The van der Waals surface area contributed by atoms with Crippen molar-refractivity contribution in [2.75, 3.05) is 13.2 Å². The fraction of sp³-hybridized carbons (Fsp3) is 0.296. The topological polar surface area (TPSA) is 187 Å². The number of aromatic nitrogens is 2. The van der Waals surface area contributed by atoms with Gasteiger partial charge in [0, 0.05) is 85.1 Å². The molecule has 0 amide bonds. The van der Waals surface area contributed by atoms with E-state index >= 15 is 0 Å². The summed E-state index contributed by atoms with van der Waals surface area (Å²) >= 11 is 13.8. The summed E-state index contributed by atoms with van der Waals surface area (Å²) in [4.78, 5) is 33.3. The molecule has 14 nitrogen and oxygen atoms in total. The molecule has 0 spiro atoms. The van der Waals surface area contributed by atoms with E-state index in [2.05, 4.69) is 58.7 Å². The molecule has 0 bridgehead atoms. The third-order valence-corrected chi connectivity index (χ3v) is 13.3. The molecular formula is C54H50Cl2N6O8. The smallest absolute Gasteiger partial charge is 0.326 e. The molecule has 2 saturated heterocycles. The van der Waals surface area contributed by atoms with Gasteiger partial charge in [0.2, 0.25) is 0 Å². The lowest BCUT2D eigenvalue weighted by molar-refractivity contribution is -0.143. The van der Waals surface area contributed by atoms with Crippen LogP contribution in [0.2, 0.25) is 10.0 Å². The van der Waals surface area contributed by atoms with E-state index in [0.29, 0.717) is 92.5 Å². The molecular weight excluding hydrogens is 932 g/mol. The van der Waals surface area contributed by atoms with Crippen LogP contribution in [0.15, 0.2) is 97.6 Å². The number of nitrogens with zero attached hydrogens (tertiary/aromatic N) is 4. The summed E-state index contributed by atoms with van der Waals surface area (Å²) in [6.07, 6.45) is 7.32. The zero-order valence-corrected chi connectivity index (χ0v) is 40.6. The van der Waals surface area contributed by atoms with Crippen LogP contribution in [0, 0.1) is 36.5 Å². The van der Waals surface area contributed by atoms with Gasteiger partial charge >= 0.3 is 11.9 Å². The van der Waals surface area contributed by atoms with Crippen molar-refractivity contribution in [1.82, 2.24) is 20.6 Å². The fourth-order valence-electron chi connectivity index (χ4n) is 8.19. The molecule has 70 heavy (non-hydrogen) atoms. The van der Waals surface area contributed by atoms with E-state index in [0.717, 1.165) is 33.4 Å². The normalized spacial score (nSPS) is 17.3. The Morgan fingerprint density at radius 1 is 0.586 bits per heavy atom. The first-order chi connectivity index (χ1) is 33.8. The Labute approximate surface area is 416 Å². The molecule has 6 aromatic rings. The summed E-state index contributed by atoms with van der Waals surface area (Å²) in [6, 6.07) is 26.8. The number of nitriles is 2. The zero-order chi connectivity index (χ0) is 49.4. The van der Waals surface area contributed by atoms with Crippen LogP contribution >= 0.6 is 23.2 Å². The number of carbonyl (C=O) groups is 2. The maximum Gasteiger partial charge on any atom is 0.326 e. The molecule has 0 radical (unpaired) electrons.